The summed E-state index contributed by atoms with van der Waals surface area (Å²) in [5.41, 5.74) is 0.736. The van der Waals surface area contributed by atoms with Crippen LogP contribution in [0, 0.1) is 12.7 Å². The van der Waals surface area contributed by atoms with Gasteiger partial charge in [0, 0.05) is 12.1 Å². The maximum atomic E-state index is 13.4. The molecule has 0 aromatic heterocycles. The van der Waals surface area contributed by atoms with Crippen LogP contribution in [0.15, 0.2) is 55.1 Å². The van der Waals surface area contributed by atoms with Gasteiger partial charge in [0.05, 0.1) is 5.56 Å². The molecule has 0 fully saturated rings. The maximum absolute atomic E-state index is 13.4. The van der Waals surface area contributed by atoms with Gasteiger partial charge in [-0.1, -0.05) is 12.6 Å². The van der Waals surface area contributed by atoms with Gasteiger partial charge < -0.3 is 14.2 Å². The lowest BCUT2D eigenvalue weighted by atomic mass is 10.2. The van der Waals surface area contributed by atoms with E-state index in [1.54, 1.807) is 6.92 Å². The molecule has 124 valence electrons. The van der Waals surface area contributed by atoms with Gasteiger partial charge in [0.1, 0.15) is 17.3 Å². The highest BCUT2D eigenvalue weighted by Crippen LogP contribution is 2.18. The molecular formula is C18H15FO5. The van der Waals surface area contributed by atoms with Crippen LogP contribution < -0.4 is 9.47 Å². The molecular weight excluding hydrogens is 315 g/mol. The number of carbonyl (C=O) groups excluding carboxylic acids is 2. The van der Waals surface area contributed by atoms with Crippen LogP contribution in [-0.4, -0.2) is 18.7 Å². The third-order valence-corrected chi connectivity index (χ3v) is 3.04. The van der Waals surface area contributed by atoms with Gasteiger partial charge in [-0.15, -0.1) is 0 Å². The van der Waals surface area contributed by atoms with Crippen molar-refractivity contribution in [2.45, 2.75) is 6.92 Å². The van der Waals surface area contributed by atoms with E-state index in [9.17, 15) is 14.0 Å². The summed E-state index contributed by atoms with van der Waals surface area (Å²) in [6.07, 6.45) is 1.02. The van der Waals surface area contributed by atoms with Gasteiger partial charge in [-0.3, -0.25) is 0 Å². The average molecular weight is 330 g/mol. The summed E-state index contributed by atoms with van der Waals surface area (Å²) < 4.78 is 28.4. The zero-order valence-electron chi connectivity index (χ0n) is 13.0. The van der Waals surface area contributed by atoms with Crippen molar-refractivity contribution in [1.29, 1.82) is 0 Å². The van der Waals surface area contributed by atoms with Gasteiger partial charge in [0.15, 0.2) is 0 Å². The zero-order chi connectivity index (χ0) is 17.5. The van der Waals surface area contributed by atoms with Crippen molar-refractivity contribution in [2.75, 3.05) is 6.79 Å². The molecule has 0 aliphatic carbocycles. The Morgan fingerprint density at radius 1 is 1.12 bits per heavy atom. The van der Waals surface area contributed by atoms with Crippen LogP contribution in [0.5, 0.6) is 11.5 Å². The summed E-state index contributed by atoms with van der Waals surface area (Å²) in [6, 6.07) is 10.2. The molecule has 0 atom stereocenters. The minimum Gasteiger partial charge on any atom is -0.457 e. The average Bonchev–Trinajstić information content (AvgIpc) is 2.58. The monoisotopic (exact) mass is 330 g/mol. The van der Waals surface area contributed by atoms with Crippen LogP contribution in [0.3, 0.4) is 0 Å². The number of esters is 2. The number of benzene rings is 2. The number of carbonyl (C=O) groups is 2. The normalized spacial score (nSPS) is 9.92. The van der Waals surface area contributed by atoms with E-state index in [1.165, 1.54) is 36.4 Å². The van der Waals surface area contributed by atoms with Gasteiger partial charge in [-0.2, -0.15) is 0 Å². The van der Waals surface area contributed by atoms with E-state index in [0.29, 0.717) is 11.3 Å². The summed E-state index contributed by atoms with van der Waals surface area (Å²) in [5.74, 6) is -1.13. The molecule has 0 saturated carbocycles. The van der Waals surface area contributed by atoms with Gasteiger partial charge >= 0.3 is 11.9 Å². The van der Waals surface area contributed by atoms with Gasteiger partial charge in [0.2, 0.25) is 6.79 Å². The van der Waals surface area contributed by atoms with Crippen molar-refractivity contribution in [3.8, 4) is 11.5 Å². The highest BCUT2D eigenvalue weighted by molar-refractivity contribution is 5.91. The topological polar surface area (TPSA) is 61.8 Å². The summed E-state index contributed by atoms with van der Waals surface area (Å²) >= 11 is 0. The van der Waals surface area contributed by atoms with Gasteiger partial charge in [-0.25, -0.2) is 14.0 Å². The van der Waals surface area contributed by atoms with Crippen LogP contribution in [0.1, 0.15) is 15.9 Å². The minimum absolute atomic E-state index is 0.125. The molecule has 24 heavy (non-hydrogen) atoms. The molecule has 0 bridgehead atoms. The predicted molar refractivity (Wildman–Crippen MR) is 84.3 cm³/mol. The number of hydrogen-bond donors (Lipinski definition) is 0. The van der Waals surface area contributed by atoms with Crippen molar-refractivity contribution in [3.05, 3.63) is 72.1 Å². The zero-order valence-corrected chi connectivity index (χ0v) is 13.0. The fourth-order valence-electron chi connectivity index (χ4n) is 1.70. The van der Waals surface area contributed by atoms with Crippen molar-refractivity contribution < 1.29 is 28.2 Å². The Hall–Kier alpha value is -3.15. The van der Waals surface area contributed by atoms with Gasteiger partial charge in [0.25, 0.3) is 0 Å². The second-order valence-corrected chi connectivity index (χ2v) is 4.75. The Labute approximate surface area is 138 Å². The standard InChI is InChI=1S/C18H15FO5/c1-3-17(20)23-11-22-14-8-5-13(6-9-14)18(21)24-15-7-4-12(2)16(19)10-15/h3-10H,1,11H2,2H3. The number of rotatable bonds is 6. The minimum atomic E-state index is -0.622. The number of ether oxygens (including phenoxy) is 3. The molecule has 0 saturated heterocycles. The SMILES string of the molecule is C=CC(=O)OCOc1ccc(C(=O)Oc2ccc(C)c(F)c2)cc1. The van der Waals surface area contributed by atoms with E-state index in [0.717, 1.165) is 12.1 Å². The molecule has 0 aliphatic heterocycles. The quantitative estimate of drug-likeness (QED) is 0.351. The van der Waals surface area contributed by atoms with Crippen LogP contribution in [0.4, 0.5) is 4.39 Å². The first kappa shape index (κ1) is 17.2. The molecule has 2 aromatic carbocycles. The second kappa shape index (κ2) is 7.92. The fourth-order valence-corrected chi connectivity index (χ4v) is 1.70. The van der Waals surface area contributed by atoms with E-state index in [1.807, 2.05) is 0 Å². The lowest BCUT2D eigenvalue weighted by Crippen LogP contribution is -2.09. The van der Waals surface area contributed by atoms with E-state index >= 15 is 0 Å². The van der Waals surface area contributed by atoms with Crippen molar-refractivity contribution in [2.24, 2.45) is 0 Å². The maximum Gasteiger partial charge on any atom is 0.343 e. The van der Waals surface area contributed by atoms with Crippen LogP contribution in [0.25, 0.3) is 0 Å². The number of aryl methyl sites for hydroxylation is 1. The molecule has 0 spiro atoms. The van der Waals surface area contributed by atoms with E-state index in [-0.39, 0.29) is 18.1 Å². The molecule has 0 N–H and O–H groups in total. The molecule has 0 amide bonds. The summed E-state index contributed by atoms with van der Waals surface area (Å²) in [5, 5.41) is 0. The van der Waals surface area contributed by atoms with E-state index in [4.69, 9.17) is 9.47 Å². The second-order valence-electron chi connectivity index (χ2n) is 4.75. The first-order valence-electron chi connectivity index (χ1n) is 7.00. The van der Waals surface area contributed by atoms with Gasteiger partial charge in [-0.05, 0) is 42.8 Å². The third-order valence-electron chi connectivity index (χ3n) is 3.04. The molecule has 5 nitrogen and oxygen atoms in total. The summed E-state index contributed by atoms with van der Waals surface area (Å²) in [6.45, 7) is 4.61. The molecule has 0 radical (unpaired) electrons. The Morgan fingerprint density at radius 2 is 1.79 bits per heavy atom. The van der Waals surface area contributed by atoms with E-state index in [2.05, 4.69) is 11.3 Å². The first-order chi connectivity index (χ1) is 11.5. The molecule has 0 heterocycles. The summed E-state index contributed by atoms with van der Waals surface area (Å²) in [4.78, 5) is 22.9. The molecule has 0 unspecified atom stereocenters. The Bertz CT molecular complexity index is 753. The lowest BCUT2D eigenvalue weighted by Gasteiger charge is -2.08. The predicted octanol–water partition coefficient (Wildman–Crippen LogP) is 3.42. The number of halogens is 1. The smallest absolute Gasteiger partial charge is 0.343 e. The highest BCUT2D eigenvalue weighted by Gasteiger charge is 2.10. The Morgan fingerprint density at radius 3 is 2.42 bits per heavy atom. The van der Waals surface area contributed by atoms with Crippen LogP contribution in [-0.2, 0) is 9.53 Å². The van der Waals surface area contributed by atoms with E-state index < -0.39 is 17.8 Å². The van der Waals surface area contributed by atoms with Crippen molar-refractivity contribution in [1.82, 2.24) is 0 Å². The Balaban J connectivity index is 1.94. The lowest BCUT2D eigenvalue weighted by molar-refractivity contribution is -0.144. The summed E-state index contributed by atoms with van der Waals surface area (Å²) in [7, 11) is 0. The van der Waals surface area contributed by atoms with Crippen LogP contribution >= 0.6 is 0 Å². The van der Waals surface area contributed by atoms with Crippen LogP contribution in [0.2, 0.25) is 0 Å². The molecule has 2 aromatic rings. The molecule has 0 aliphatic rings. The number of hydrogen-bond acceptors (Lipinski definition) is 5. The van der Waals surface area contributed by atoms with Crippen molar-refractivity contribution in [3.63, 3.8) is 0 Å². The Kier molecular flexibility index (Phi) is 5.68. The fraction of sp³-hybridized carbons (Fsp3) is 0.111. The largest absolute Gasteiger partial charge is 0.457 e. The third kappa shape index (κ3) is 4.67. The first-order valence-corrected chi connectivity index (χ1v) is 7.00. The highest BCUT2D eigenvalue weighted by atomic mass is 19.1. The van der Waals surface area contributed by atoms with Crippen molar-refractivity contribution >= 4 is 11.9 Å². The molecule has 2 rings (SSSR count). The molecule has 6 heteroatoms.